The van der Waals surface area contributed by atoms with Gasteiger partial charge in [0.15, 0.2) is 11.6 Å². The molecule has 7 heteroatoms. The number of carbonyl (C=O) groups is 1. The Bertz CT molecular complexity index is 751. The molecule has 2 aromatic rings. The third kappa shape index (κ3) is 3.31. The summed E-state index contributed by atoms with van der Waals surface area (Å²) in [6.07, 6.45) is 0. The fraction of sp³-hybridized carbons (Fsp3) is 0.133. The minimum Gasteiger partial charge on any atom is -0.495 e. The highest BCUT2D eigenvalue weighted by atomic mass is 35.5. The molecule has 0 unspecified atom stereocenters. The van der Waals surface area contributed by atoms with Crippen molar-refractivity contribution in [2.45, 2.75) is 6.92 Å². The first-order valence-electron chi connectivity index (χ1n) is 6.13. The van der Waals surface area contributed by atoms with Gasteiger partial charge in [-0.15, -0.1) is 0 Å². The molecule has 0 atom stereocenters. The van der Waals surface area contributed by atoms with Crippen molar-refractivity contribution >= 4 is 34.8 Å². The Balaban J connectivity index is 2.37. The Labute approximate surface area is 135 Å². The topological polar surface area (TPSA) is 38.3 Å². The van der Waals surface area contributed by atoms with Crippen LogP contribution in [0, 0.1) is 18.6 Å². The van der Waals surface area contributed by atoms with Crippen LogP contribution >= 0.6 is 23.2 Å². The molecule has 0 aliphatic heterocycles. The lowest BCUT2D eigenvalue weighted by molar-refractivity contribution is 0.102. The Kier molecular flexibility index (Phi) is 4.88. The monoisotopic (exact) mass is 345 g/mol. The van der Waals surface area contributed by atoms with Crippen molar-refractivity contribution in [1.29, 1.82) is 0 Å². The third-order valence-corrected chi connectivity index (χ3v) is 3.70. The summed E-state index contributed by atoms with van der Waals surface area (Å²) in [5.41, 5.74) is 0.875. The number of rotatable bonds is 3. The normalized spacial score (nSPS) is 10.5. The number of nitrogens with one attached hydrogen (secondary N) is 1. The van der Waals surface area contributed by atoms with Gasteiger partial charge in [0.2, 0.25) is 0 Å². The van der Waals surface area contributed by atoms with Gasteiger partial charge in [0.25, 0.3) is 5.91 Å². The molecule has 0 aliphatic carbocycles. The van der Waals surface area contributed by atoms with Gasteiger partial charge >= 0.3 is 0 Å². The van der Waals surface area contributed by atoms with E-state index in [0.717, 1.165) is 12.1 Å². The van der Waals surface area contributed by atoms with Crippen molar-refractivity contribution in [2.24, 2.45) is 0 Å². The Morgan fingerprint density at radius 1 is 1.09 bits per heavy atom. The molecule has 0 heterocycles. The number of halogens is 4. The number of anilines is 1. The van der Waals surface area contributed by atoms with E-state index < -0.39 is 17.5 Å². The maximum absolute atomic E-state index is 13.3. The highest BCUT2D eigenvalue weighted by Gasteiger charge is 2.17. The van der Waals surface area contributed by atoms with Crippen LogP contribution in [0.5, 0.6) is 5.75 Å². The van der Waals surface area contributed by atoms with Crippen molar-refractivity contribution in [3.63, 3.8) is 0 Å². The number of hydrogen-bond acceptors (Lipinski definition) is 2. The largest absolute Gasteiger partial charge is 0.495 e. The molecule has 2 aromatic carbocycles. The van der Waals surface area contributed by atoms with E-state index >= 15 is 0 Å². The van der Waals surface area contributed by atoms with Crippen LogP contribution in [0.25, 0.3) is 0 Å². The Morgan fingerprint density at radius 2 is 1.73 bits per heavy atom. The van der Waals surface area contributed by atoms with Crippen LogP contribution < -0.4 is 10.1 Å². The number of hydrogen-bond donors (Lipinski definition) is 1. The van der Waals surface area contributed by atoms with Crippen LogP contribution in [0.3, 0.4) is 0 Å². The lowest BCUT2D eigenvalue weighted by Crippen LogP contribution is -2.14. The number of methoxy groups -OCH3 is 1. The standard InChI is InChI=1S/C15H11Cl2F2NO2/c1-7-3-13(14(22-2)6-9(7)16)20-15(21)8-4-11(18)12(19)5-10(8)17/h3-6H,1-2H3,(H,20,21). The maximum atomic E-state index is 13.3. The fourth-order valence-electron chi connectivity index (χ4n) is 1.82. The highest BCUT2D eigenvalue weighted by molar-refractivity contribution is 6.34. The molecule has 0 fully saturated rings. The molecule has 0 radical (unpaired) electrons. The van der Waals surface area contributed by atoms with Gasteiger partial charge in [0, 0.05) is 11.1 Å². The van der Waals surface area contributed by atoms with Crippen LogP contribution in [0.2, 0.25) is 10.0 Å². The van der Waals surface area contributed by atoms with Crippen molar-refractivity contribution in [3.05, 3.63) is 57.1 Å². The first kappa shape index (κ1) is 16.5. The second kappa shape index (κ2) is 6.50. The predicted octanol–water partition coefficient (Wildman–Crippen LogP) is 4.84. The highest BCUT2D eigenvalue weighted by Crippen LogP contribution is 2.31. The number of ether oxygens (including phenoxy) is 1. The average molecular weight is 346 g/mol. The molecule has 3 nitrogen and oxygen atoms in total. The van der Waals surface area contributed by atoms with E-state index in [9.17, 15) is 13.6 Å². The minimum atomic E-state index is -1.16. The SMILES string of the molecule is COc1cc(Cl)c(C)cc1NC(=O)c1cc(F)c(F)cc1Cl. The molecule has 1 N–H and O–H groups in total. The van der Waals surface area contributed by atoms with Gasteiger partial charge < -0.3 is 10.1 Å². The molecule has 116 valence electrons. The molecule has 0 bridgehead atoms. The van der Waals surface area contributed by atoms with Gasteiger partial charge in [-0.1, -0.05) is 23.2 Å². The number of amides is 1. The second-order valence-corrected chi connectivity index (χ2v) is 5.32. The molecular weight excluding hydrogens is 335 g/mol. The van der Waals surface area contributed by atoms with Crippen LogP contribution in [0.1, 0.15) is 15.9 Å². The predicted molar refractivity (Wildman–Crippen MR) is 82.1 cm³/mol. The van der Waals surface area contributed by atoms with Crippen molar-refractivity contribution in [3.8, 4) is 5.75 Å². The van der Waals surface area contributed by atoms with Gasteiger partial charge in [0.1, 0.15) is 5.75 Å². The lowest BCUT2D eigenvalue weighted by Gasteiger charge is -2.13. The average Bonchev–Trinajstić information content (AvgIpc) is 2.46. The van der Waals surface area contributed by atoms with Gasteiger partial charge in [-0.3, -0.25) is 4.79 Å². The molecule has 0 spiro atoms. The number of carbonyl (C=O) groups excluding carboxylic acids is 1. The quantitative estimate of drug-likeness (QED) is 0.808. The van der Waals surface area contributed by atoms with E-state index in [-0.39, 0.29) is 10.6 Å². The smallest absolute Gasteiger partial charge is 0.257 e. The minimum absolute atomic E-state index is 0.185. The lowest BCUT2D eigenvalue weighted by atomic mass is 10.1. The van der Waals surface area contributed by atoms with Crippen molar-refractivity contribution in [2.75, 3.05) is 12.4 Å². The summed E-state index contributed by atoms with van der Waals surface area (Å²) in [5.74, 6) is -2.64. The van der Waals surface area contributed by atoms with Gasteiger partial charge in [0.05, 0.1) is 23.4 Å². The first-order chi connectivity index (χ1) is 10.3. The number of aryl methyl sites for hydroxylation is 1. The molecule has 0 aliphatic rings. The summed E-state index contributed by atoms with van der Waals surface area (Å²) in [6.45, 7) is 1.75. The molecule has 0 saturated heterocycles. The van der Waals surface area contributed by atoms with Gasteiger partial charge in [-0.05, 0) is 30.7 Å². The number of benzene rings is 2. The Morgan fingerprint density at radius 3 is 2.36 bits per heavy atom. The third-order valence-electron chi connectivity index (χ3n) is 2.98. The zero-order valence-electron chi connectivity index (χ0n) is 11.6. The fourth-order valence-corrected chi connectivity index (χ4v) is 2.21. The zero-order chi connectivity index (χ0) is 16.4. The van der Waals surface area contributed by atoms with E-state index in [4.69, 9.17) is 27.9 Å². The van der Waals surface area contributed by atoms with E-state index in [1.807, 2.05) is 0 Å². The molecule has 0 saturated carbocycles. The van der Waals surface area contributed by atoms with E-state index in [1.54, 1.807) is 19.1 Å². The summed E-state index contributed by atoms with van der Waals surface area (Å²) in [7, 11) is 1.42. The summed E-state index contributed by atoms with van der Waals surface area (Å²) >= 11 is 11.7. The summed E-state index contributed by atoms with van der Waals surface area (Å²) in [6, 6.07) is 4.63. The summed E-state index contributed by atoms with van der Waals surface area (Å²) in [5, 5.41) is 2.82. The molecule has 22 heavy (non-hydrogen) atoms. The van der Waals surface area contributed by atoms with Gasteiger partial charge in [-0.2, -0.15) is 0 Å². The van der Waals surface area contributed by atoms with E-state index in [2.05, 4.69) is 5.32 Å². The summed E-state index contributed by atoms with van der Waals surface area (Å²) < 4.78 is 31.4. The maximum Gasteiger partial charge on any atom is 0.257 e. The van der Waals surface area contributed by atoms with Crippen LogP contribution in [0.15, 0.2) is 24.3 Å². The second-order valence-electron chi connectivity index (χ2n) is 4.50. The summed E-state index contributed by atoms with van der Waals surface area (Å²) in [4.78, 5) is 12.2. The molecule has 1 amide bonds. The van der Waals surface area contributed by atoms with Gasteiger partial charge in [-0.25, -0.2) is 8.78 Å². The van der Waals surface area contributed by atoms with Crippen molar-refractivity contribution in [1.82, 2.24) is 0 Å². The van der Waals surface area contributed by atoms with E-state index in [0.29, 0.717) is 22.0 Å². The first-order valence-corrected chi connectivity index (χ1v) is 6.89. The zero-order valence-corrected chi connectivity index (χ0v) is 13.1. The van der Waals surface area contributed by atoms with E-state index in [1.165, 1.54) is 7.11 Å². The van der Waals surface area contributed by atoms with Crippen LogP contribution in [-0.2, 0) is 0 Å². The van der Waals surface area contributed by atoms with Crippen LogP contribution in [0.4, 0.5) is 14.5 Å². The molecular formula is C15H11Cl2F2NO2. The molecule has 2 rings (SSSR count). The van der Waals surface area contributed by atoms with Crippen molar-refractivity contribution < 1.29 is 18.3 Å². The Hall–Kier alpha value is -1.85. The van der Waals surface area contributed by atoms with Crippen LogP contribution in [-0.4, -0.2) is 13.0 Å². The molecule has 0 aromatic heterocycles.